The second kappa shape index (κ2) is 4.62. The van der Waals surface area contributed by atoms with Gasteiger partial charge >= 0.3 is 0 Å². The zero-order valence-corrected chi connectivity index (χ0v) is 8.92. The third kappa shape index (κ3) is 2.69. The van der Waals surface area contributed by atoms with Gasteiger partial charge in [0.25, 0.3) is 0 Å². The summed E-state index contributed by atoms with van der Waals surface area (Å²) >= 11 is 0. The minimum absolute atomic E-state index is 0.263. The lowest BCUT2D eigenvalue weighted by atomic mass is 10.1. The molecule has 0 aromatic heterocycles. The number of aryl methyl sites for hydroxylation is 1. The topological polar surface area (TPSA) is 21.3 Å². The number of benzene rings is 1. The van der Waals surface area contributed by atoms with Crippen LogP contribution in [0.25, 0.3) is 0 Å². The monoisotopic (exact) mass is 209 g/mol. The highest BCUT2D eigenvalue weighted by Gasteiger charge is 2.15. The van der Waals surface area contributed by atoms with Gasteiger partial charge in [-0.15, -0.1) is 0 Å². The molecule has 2 rings (SSSR count). The molecular formula is C12H16FNO. The van der Waals surface area contributed by atoms with Crippen molar-refractivity contribution in [2.45, 2.75) is 13.3 Å². The Morgan fingerprint density at radius 2 is 2.40 bits per heavy atom. The van der Waals surface area contributed by atoms with Crippen LogP contribution in [0.1, 0.15) is 12.0 Å². The summed E-state index contributed by atoms with van der Waals surface area (Å²) in [5, 5.41) is 3.26. The Morgan fingerprint density at radius 1 is 1.53 bits per heavy atom. The molecule has 1 unspecified atom stereocenters. The molecule has 0 radical (unpaired) electrons. The second-order valence-corrected chi connectivity index (χ2v) is 4.10. The lowest BCUT2D eigenvalue weighted by Gasteiger charge is -2.11. The molecule has 1 aromatic rings. The summed E-state index contributed by atoms with van der Waals surface area (Å²) in [6.45, 7) is 4.50. The van der Waals surface area contributed by atoms with Gasteiger partial charge in [0.2, 0.25) is 0 Å². The molecule has 1 aliphatic heterocycles. The predicted octanol–water partition coefficient (Wildman–Crippen LogP) is 2.12. The molecular weight excluding hydrogens is 193 g/mol. The molecule has 2 nitrogen and oxygen atoms in total. The van der Waals surface area contributed by atoms with Gasteiger partial charge in [-0.2, -0.15) is 0 Å². The van der Waals surface area contributed by atoms with E-state index in [1.807, 2.05) is 13.0 Å². The molecule has 3 heteroatoms. The first-order valence-electron chi connectivity index (χ1n) is 5.35. The SMILES string of the molecule is Cc1ccc(OCC2CCNC2)c(F)c1. The Labute approximate surface area is 89.4 Å². The van der Waals surface area contributed by atoms with Crippen LogP contribution < -0.4 is 10.1 Å². The van der Waals surface area contributed by atoms with E-state index >= 15 is 0 Å². The number of nitrogens with one attached hydrogen (secondary N) is 1. The average Bonchev–Trinajstić information content (AvgIpc) is 2.69. The predicted molar refractivity (Wildman–Crippen MR) is 57.6 cm³/mol. The molecule has 82 valence electrons. The summed E-state index contributed by atoms with van der Waals surface area (Å²) < 4.78 is 18.8. The molecule has 0 spiro atoms. The van der Waals surface area contributed by atoms with E-state index in [1.165, 1.54) is 6.07 Å². The smallest absolute Gasteiger partial charge is 0.165 e. The highest BCUT2D eigenvalue weighted by Crippen LogP contribution is 2.19. The van der Waals surface area contributed by atoms with Crippen LogP contribution in [0.15, 0.2) is 18.2 Å². The van der Waals surface area contributed by atoms with Crippen LogP contribution in [0.2, 0.25) is 0 Å². The van der Waals surface area contributed by atoms with Gasteiger partial charge in [-0.05, 0) is 37.6 Å². The Morgan fingerprint density at radius 3 is 3.07 bits per heavy atom. The molecule has 1 N–H and O–H groups in total. The van der Waals surface area contributed by atoms with Gasteiger partial charge in [-0.3, -0.25) is 0 Å². The Bertz CT molecular complexity index is 334. The highest BCUT2D eigenvalue weighted by molar-refractivity contribution is 5.28. The van der Waals surface area contributed by atoms with Crippen molar-refractivity contribution < 1.29 is 9.13 Å². The van der Waals surface area contributed by atoms with Gasteiger partial charge in [0, 0.05) is 12.5 Å². The summed E-state index contributed by atoms with van der Waals surface area (Å²) in [7, 11) is 0. The summed E-state index contributed by atoms with van der Waals surface area (Å²) in [6, 6.07) is 5.07. The average molecular weight is 209 g/mol. The standard InChI is InChI=1S/C12H16FNO/c1-9-2-3-12(11(13)6-9)15-8-10-4-5-14-7-10/h2-3,6,10,14H,4-5,7-8H2,1H3. The van der Waals surface area contributed by atoms with Crippen molar-refractivity contribution in [3.8, 4) is 5.75 Å². The van der Waals surface area contributed by atoms with Crippen LogP contribution in [0.4, 0.5) is 4.39 Å². The molecule has 0 bridgehead atoms. The molecule has 1 heterocycles. The molecule has 15 heavy (non-hydrogen) atoms. The van der Waals surface area contributed by atoms with E-state index in [2.05, 4.69) is 5.32 Å². The Balaban J connectivity index is 1.92. The molecule has 1 atom stereocenters. The minimum Gasteiger partial charge on any atom is -0.490 e. The summed E-state index contributed by atoms with van der Waals surface area (Å²) in [6.07, 6.45) is 1.12. The number of ether oxygens (including phenoxy) is 1. The largest absolute Gasteiger partial charge is 0.490 e. The summed E-state index contributed by atoms with van der Waals surface area (Å²) in [4.78, 5) is 0. The van der Waals surface area contributed by atoms with Gasteiger partial charge in [-0.1, -0.05) is 6.07 Å². The van der Waals surface area contributed by atoms with E-state index < -0.39 is 0 Å². The zero-order valence-electron chi connectivity index (χ0n) is 8.92. The minimum atomic E-state index is -0.263. The van der Waals surface area contributed by atoms with Gasteiger partial charge in [0.05, 0.1) is 6.61 Å². The van der Waals surface area contributed by atoms with Crippen LogP contribution in [-0.2, 0) is 0 Å². The van der Waals surface area contributed by atoms with Crippen LogP contribution >= 0.6 is 0 Å². The van der Waals surface area contributed by atoms with Crippen LogP contribution in [0.3, 0.4) is 0 Å². The van der Waals surface area contributed by atoms with Gasteiger partial charge in [0.15, 0.2) is 11.6 Å². The number of hydrogen-bond acceptors (Lipinski definition) is 2. The van der Waals surface area contributed by atoms with Gasteiger partial charge < -0.3 is 10.1 Å². The molecule has 1 fully saturated rings. The lowest BCUT2D eigenvalue weighted by Crippen LogP contribution is -2.15. The first-order valence-corrected chi connectivity index (χ1v) is 5.35. The summed E-state index contributed by atoms with van der Waals surface area (Å²) in [5.74, 6) is 0.624. The first kappa shape index (κ1) is 10.4. The maximum atomic E-state index is 13.4. The quantitative estimate of drug-likeness (QED) is 0.823. The number of hydrogen-bond donors (Lipinski definition) is 1. The highest BCUT2D eigenvalue weighted by atomic mass is 19.1. The summed E-state index contributed by atoms with van der Waals surface area (Å²) in [5.41, 5.74) is 0.919. The molecule has 0 aliphatic carbocycles. The fraction of sp³-hybridized carbons (Fsp3) is 0.500. The number of halogens is 1. The van der Waals surface area contributed by atoms with Gasteiger partial charge in [0.1, 0.15) is 0 Å². The van der Waals surface area contributed by atoms with E-state index in [0.29, 0.717) is 18.3 Å². The van der Waals surface area contributed by atoms with Gasteiger partial charge in [-0.25, -0.2) is 4.39 Å². The Hall–Kier alpha value is -1.09. The first-order chi connectivity index (χ1) is 7.25. The van der Waals surface area contributed by atoms with E-state index in [-0.39, 0.29) is 5.82 Å². The zero-order chi connectivity index (χ0) is 10.7. The van der Waals surface area contributed by atoms with Crippen LogP contribution in [0, 0.1) is 18.7 Å². The van der Waals surface area contributed by atoms with E-state index in [9.17, 15) is 4.39 Å². The van der Waals surface area contributed by atoms with Crippen molar-refractivity contribution >= 4 is 0 Å². The fourth-order valence-corrected chi connectivity index (χ4v) is 1.79. The third-order valence-electron chi connectivity index (χ3n) is 2.72. The maximum absolute atomic E-state index is 13.4. The van der Waals surface area contributed by atoms with Crippen molar-refractivity contribution in [3.63, 3.8) is 0 Å². The molecule has 0 amide bonds. The van der Waals surface area contributed by atoms with Crippen molar-refractivity contribution in [1.82, 2.24) is 5.32 Å². The van der Waals surface area contributed by atoms with Crippen molar-refractivity contribution in [1.29, 1.82) is 0 Å². The van der Waals surface area contributed by atoms with Crippen molar-refractivity contribution in [2.24, 2.45) is 5.92 Å². The molecule has 1 aromatic carbocycles. The third-order valence-corrected chi connectivity index (χ3v) is 2.72. The normalized spacial score (nSPS) is 20.5. The van der Waals surface area contributed by atoms with Crippen molar-refractivity contribution in [3.05, 3.63) is 29.6 Å². The van der Waals surface area contributed by atoms with Crippen molar-refractivity contribution in [2.75, 3.05) is 19.7 Å². The number of rotatable bonds is 3. The fourth-order valence-electron chi connectivity index (χ4n) is 1.79. The second-order valence-electron chi connectivity index (χ2n) is 4.10. The van der Waals surface area contributed by atoms with Crippen LogP contribution in [0.5, 0.6) is 5.75 Å². The van der Waals surface area contributed by atoms with E-state index in [1.54, 1.807) is 6.07 Å². The molecule has 0 saturated carbocycles. The van der Waals surface area contributed by atoms with E-state index in [4.69, 9.17) is 4.74 Å². The molecule has 1 aliphatic rings. The lowest BCUT2D eigenvalue weighted by molar-refractivity contribution is 0.249. The van der Waals surface area contributed by atoms with E-state index in [0.717, 1.165) is 25.1 Å². The molecule has 1 saturated heterocycles. The van der Waals surface area contributed by atoms with Crippen LogP contribution in [-0.4, -0.2) is 19.7 Å². The maximum Gasteiger partial charge on any atom is 0.165 e. The Kier molecular flexibility index (Phi) is 3.21.